The number of esters is 2. The van der Waals surface area contributed by atoms with Crippen LogP contribution in [-0.2, 0) is 21.8 Å². The van der Waals surface area contributed by atoms with Crippen molar-refractivity contribution in [2.24, 2.45) is 0 Å². The van der Waals surface area contributed by atoms with Gasteiger partial charge in [0.25, 0.3) is 0 Å². The SMILES string of the molecule is CC(C)(C)OC(=O)c1c(F)ccc(C(F)(F)F)c1Br.Cc1c(O)ccc(F)c1F.Cc1c(Oc2ccc(C(F)(F)F)c(Br)c2C(=O)OC(C)(C)C)ccc(F)c1F. The highest BCUT2D eigenvalue weighted by Gasteiger charge is 2.38. The molecule has 0 aliphatic heterocycles. The summed E-state index contributed by atoms with van der Waals surface area (Å²) in [5, 5.41) is 8.82. The lowest BCUT2D eigenvalue weighted by atomic mass is 10.1. The molecule has 4 aromatic carbocycles. The maximum Gasteiger partial charge on any atom is 0.417 e. The number of benzene rings is 4. The molecule has 0 unspecified atom stereocenters. The number of hydrogen-bond acceptors (Lipinski definition) is 6. The van der Waals surface area contributed by atoms with Crippen LogP contribution in [0.2, 0.25) is 0 Å². The molecule has 0 saturated carbocycles. The third-order valence-corrected chi connectivity index (χ3v) is 8.48. The van der Waals surface area contributed by atoms with E-state index in [2.05, 4.69) is 31.9 Å². The molecule has 6 nitrogen and oxygen atoms in total. The Bertz CT molecular complexity index is 2090. The van der Waals surface area contributed by atoms with E-state index >= 15 is 0 Å². The van der Waals surface area contributed by atoms with Gasteiger partial charge in [-0.05, 0) is 136 Å². The zero-order valence-corrected chi connectivity index (χ0v) is 34.2. The molecule has 0 spiro atoms. The van der Waals surface area contributed by atoms with Crippen LogP contribution in [0.15, 0.2) is 57.5 Å². The molecular weight excluding hydrogens is 921 g/mol. The molecule has 4 rings (SSSR count). The van der Waals surface area contributed by atoms with Gasteiger partial charge in [0.05, 0.1) is 11.1 Å². The molecule has 0 aliphatic rings. The van der Waals surface area contributed by atoms with E-state index in [-0.39, 0.29) is 28.4 Å². The van der Waals surface area contributed by atoms with Crippen LogP contribution >= 0.6 is 31.9 Å². The number of phenolic OH excluding ortho intramolecular Hbond substituents is 1. The van der Waals surface area contributed by atoms with Crippen LogP contribution in [0.25, 0.3) is 0 Å². The van der Waals surface area contributed by atoms with Crippen molar-refractivity contribution < 1.29 is 77.2 Å². The second kappa shape index (κ2) is 18.5. The molecular formula is C38H33Br2F11O6. The van der Waals surface area contributed by atoms with Crippen LogP contribution in [0.5, 0.6) is 17.2 Å². The second-order valence-electron chi connectivity index (χ2n) is 13.7. The van der Waals surface area contributed by atoms with Crippen molar-refractivity contribution in [3.05, 3.63) is 120 Å². The van der Waals surface area contributed by atoms with Crippen LogP contribution in [0, 0.1) is 42.9 Å². The maximum absolute atomic E-state index is 13.8. The van der Waals surface area contributed by atoms with Crippen molar-refractivity contribution in [3.63, 3.8) is 0 Å². The Morgan fingerprint density at radius 3 is 1.35 bits per heavy atom. The van der Waals surface area contributed by atoms with Gasteiger partial charge in [-0.3, -0.25) is 0 Å². The van der Waals surface area contributed by atoms with E-state index in [0.29, 0.717) is 18.2 Å². The van der Waals surface area contributed by atoms with Crippen molar-refractivity contribution in [1.82, 2.24) is 0 Å². The smallest absolute Gasteiger partial charge is 0.417 e. The molecule has 1 N–H and O–H groups in total. The minimum Gasteiger partial charge on any atom is -0.508 e. The van der Waals surface area contributed by atoms with E-state index in [1.54, 1.807) is 20.8 Å². The normalized spacial score (nSPS) is 11.8. The van der Waals surface area contributed by atoms with Gasteiger partial charge in [-0.15, -0.1) is 0 Å². The van der Waals surface area contributed by atoms with Crippen LogP contribution in [0.4, 0.5) is 48.3 Å². The maximum atomic E-state index is 13.8. The number of halogens is 13. The highest BCUT2D eigenvalue weighted by Crippen LogP contribution is 2.42. The van der Waals surface area contributed by atoms with Gasteiger partial charge in [0, 0.05) is 20.1 Å². The van der Waals surface area contributed by atoms with Crippen LogP contribution in [0.3, 0.4) is 0 Å². The van der Waals surface area contributed by atoms with Gasteiger partial charge in [-0.1, -0.05) is 0 Å². The Hall–Kier alpha value is -4.39. The summed E-state index contributed by atoms with van der Waals surface area (Å²) in [4.78, 5) is 24.3. The summed E-state index contributed by atoms with van der Waals surface area (Å²) in [6.45, 7) is 11.8. The summed E-state index contributed by atoms with van der Waals surface area (Å²) in [5.74, 6) is -8.17. The summed E-state index contributed by atoms with van der Waals surface area (Å²) in [6, 6.07) is 6.71. The standard InChI is InChI=1S/C19H16BrF5O3.C12H11BrF4O2.C7H6F2O/c1-9-12(8-6-11(21)16(9)22)27-13-7-5-10(19(23,24)25)15(20)14(13)17(26)28-18(2,3)4;1-11(2,3)19-10(18)8-7(14)5-4-6(9(8)13)12(15,16)17;1-4-6(10)3-2-5(8)7(4)9/h5-8H,1-4H3;4-5H,1-3H3;2-3,10H,1H3. The first kappa shape index (κ1) is 48.8. The molecule has 0 aliphatic carbocycles. The van der Waals surface area contributed by atoms with Crippen LogP contribution in [-0.4, -0.2) is 28.2 Å². The number of alkyl halides is 6. The molecule has 57 heavy (non-hydrogen) atoms. The van der Waals surface area contributed by atoms with Gasteiger partial charge in [-0.25, -0.2) is 31.5 Å². The molecule has 19 heteroatoms. The number of aromatic hydroxyl groups is 1. The van der Waals surface area contributed by atoms with Crippen LogP contribution < -0.4 is 4.74 Å². The summed E-state index contributed by atoms with van der Waals surface area (Å²) >= 11 is 5.41. The molecule has 0 heterocycles. The predicted octanol–water partition coefficient (Wildman–Crippen LogP) is 13.3. The molecule has 4 aromatic rings. The lowest BCUT2D eigenvalue weighted by molar-refractivity contribution is -0.139. The molecule has 0 amide bonds. The Labute approximate surface area is 336 Å². The van der Waals surface area contributed by atoms with Gasteiger partial charge in [0.2, 0.25) is 0 Å². The molecule has 312 valence electrons. The first-order valence-electron chi connectivity index (χ1n) is 16.0. The minimum atomic E-state index is -4.74. The van der Waals surface area contributed by atoms with Gasteiger partial charge >= 0.3 is 24.3 Å². The number of hydrogen-bond donors (Lipinski definition) is 1. The van der Waals surface area contributed by atoms with E-state index < -0.39 is 95.8 Å². The average Bonchev–Trinajstić information content (AvgIpc) is 3.03. The number of phenols is 1. The van der Waals surface area contributed by atoms with Gasteiger partial charge in [0.1, 0.15) is 45.4 Å². The Morgan fingerprint density at radius 1 is 0.544 bits per heavy atom. The lowest BCUT2D eigenvalue weighted by Crippen LogP contribution is -2.25. The number of rotatable bonds is 4. The zero-order valence-electron chi connectivity index (χ0n) is 31.0. The molecule has 0 fully saturated rings. The van der Waals surface area contributed by atoms with Crippen molar-refractivity contribution in [3.8, 4) is 17.2 Å². The lowest BCUT2D eigenvalue weighted by Gasteiger charge is -2.22. The highest BCUT2D eigenvalue weighted by atomic mass is 79.9. The number of carbonyl (C=O) groups is 2. The van der Waals surface area contributed by atoms with Crippen molar-refractivity contribution in [2.75, 3.05) is 0 Å². The summed E-state index contributed by atoms with van der Waals surface area (Å²) < 4.78 is 157. The Kier molecular flexibility index (Phi) is 15.8. The molecule has 0 bridgehead atoms. The third kappa shape index (κ3) is 13.3. The summed E-state index contributed by atoms with van der Waals surface area (Å²) in [6.07, 6.45) is -9.44. The second-order valence-corrected chi connectivity index (χ2v) is 15.3. The first-order valence-corrected chi connectivity index (χ1v) is 17.5. The predicted molar refractivity (Wildman–Crippen MR) is 193 cm³/mol. The average molecular weight is 954 g/mol. The van der Waals surface area contributed by atoms with Crippen molar-refractivity contribution in [2.45, 2.75) is 78.9 Å². The van der Waals surface area contributed by atoms with Gasteiger partial charge in [0.15, 0.2) is 23.3 Å². The van der Waals surface area contributed by atoms with Crippen molar-refractivity contribution >= 4 is 43.8 Å². The summed E-state index contributed by atoms with van der Waals surface area (Å²) in [5.41, 5.74) is -5.70. The van der Waals surface area contributed by atoms with E-state index in [4.69, 9.17) is 19.3 Å². The molecule has 0 saturated heterocycles. The fourth-order valence-electron chi connectivity index (χ4n) is 4.17. The number of carbonyl (C=O) groups excluding carboxylic acids is 2. The molecule has 0 atom stereocenters. The quantitative estimate of drug-likeness (QED) is 0.162. The van der Waals surface area contributed by atoms with Gasteiger partial charge < -0.3 is 19.3 Å². The van der Waals surface area contributed by atoms with Crippen LogP contribution in [0.1, 0.15) is 84.5 Å². The third-order valence-electron chi connectivity index (χ3n) is 6.83. The number of ether oxygens (including phenoxy) is 3. The zero-order chi connectivity index (χ0) is 44.2. The molecule has 0 radical (unpaired) electrons. The van der Waals surface area contributed by atoms with E-state index in [1.807, 2.05) is 0 Å². The summed E-state index contributed by atoms with van der Waals surface area (Å²) in [7, 11) is 0. The minimum absolute atomic E-state index is 0.0556. The van der Waals surface area contributed by atoms with Gasteiger partial charge in [-0.2, -0.15) is 26.3 Å². The highest BCUT2D eigenvalue weighted by molar-refractivity contribution is 9.11. The Balaban J connectivity index is 0.000000331. The largest absolute Gasteiger partial charge is 0.508 e. The van der Waals surface area contributed by atoms with E-state index in [9.17, 15) is 57.9 Å². The fraction of sp³-hybridized carbons (Fsp3) is 0.316. The fourth-order valence-corrected chi connectivity index (χ4v) is 5.60. The van der Waals surface area contributed by atoms with E-state index in [1.165, 1.54) is 34.6 Å². The molecule has 0 aromatic heterocycles. The van der Waals surface area contributed by atoms with Crippen molar-refractivity contribution in [1.29, 1.82) is 0 Å². The Morgan fingerprint density at radius 2 is 0.912 bits per heavy atom. The van der Waals surface area contributed by atoms with E-state index in [0.717, 1.165) is 30.3 Å². The topological polar surface area (TPSA) is 82.1 Å². The monoisotopic (exact) mass is 952 g/mol. The first-order chi connectivity index (χ1) is 25.8.